The summed E-state index contributed by atoms with van der Waals surface area (Å²) in [5.74, 6) is 0.540. The third-order valence-corrected chi connectivity index (χ3v) is 4.91. The third-order valence-electron chi connectivity index (χ3n) is 4.91. The van der Waals surface area contributed by atoms with Crippen LogP contribution < -0.4 is 15.1 Å². The number of carbonyl (C=O) groups excluding carboxylic acids is 1. The van der Waals surface area contributed by atoms with E-state index in [9.17, 15) is 4.79 Å². The second kappa shape index (κ2) is 8.86. The fourth-order valence-corrected chi connectivity index (χ4v) is 2.81. The molecule has 4 heteroatoms. The van der Waals surface area contributed by atoms with Crippen LogP contribution in [0.3, 0.4) is 0 Å². The van der Waals surface area contributed by atoms with Gasteiger partial charge in [-0.15, -0.1) is 0 Å². The quantitative estimate of drug-likeness (QED) is 0.802. The Morgan fingerprint density at radius 2 is 1.58 bits per heavy atom. The molecule has 2 atom stereocenters. The lowest BCUT2D eigenvalue weighted by molar-refractivity contribution is -0.907. The molecular formula is C22H32N3O+. The fourth-order valence-electron chi connectivity index (χ4n) is 2.81. The van der Waals surface area contributed by atoms with Gasteiger partial charge in [0.05, 0.1) is 7.05 Å². The van der Waals surface area contributed by atoms with Crippen LogP contribution in [0.5, 0.6) is 0 Å². The predicted octanol–water partition coefficient (Wildman–Crippen LogP) is 2.92. The topological polar surface area (TPSA) is 36.8 Å². The van der Waals surface area contributed by atoms with E-state index >= 15 is 0 Å². The summed E-state index contributed by atoms with van der Waals surface area (Å²) in [6, 6.07) is 16.5. The molecule has 2 aromatic carbocycles. The number of benzene rings is 2. The maximum absolute atomic E-state index is 12.6. The molecule has 0 spiro atoms. The van der Waals surface area contributed by atoms with Gasteiger partial charge in [0.2, 0.25) is 0 Å². The summed E-state index contributed by atoms with van der Waals surface area (Å²) < 4.78 is 0. The molecule has 0 aliphatic heterocycles. The first-order chi connectivity index (χ1) is 12.3. The van der Waals surface area contributed by atoms with Crippen LogP contribution in [0.1, 0.15) is 37.8 Å². The Balaban J connectivity index is 1.93. The number of anilines is 2. The minimum absolute atomic E-state index is 0.0460. The number of likely N-dealkylation sites (N-methyl/N-ethyl adjacent to an activating group) is 1. The van der Waals surface area contributed by atoms with Gasteiger partial charge < -0.3 is 15.1 Å². The zero-order chi connectivity index (χ0) is 19.3. The number of hydrogen-bond acceptors (Lipinski definition) is 2. The van der Waals surface area contributed by atoms with Gasteiger partial charge in [0, 0.05) is 31.0 Å². The Bertz CT molecular complexity index is 705. The maximum Gasteiger partial charge on any atom is 0.282 e. The molecule has 0 radical (unpaired) electrons. The van der Waals surface area contributed by atoms with E-state index in [-0.39, 0.29) is 11.9 Å². The Labute approximate surface area is 157 Å². The first-order valence-corrected chi connectivity index (χ1v) is 9.27. The lowest BCUT2D eigenvalue weighted by Gasteiger charge is -2.21. The van der Waals surface area contributed by atoms with E-state index in [0.717, 1.165) is 12.2 Å². The number of hydrogen-bond donors (Lipinski definition) is 2. The van der Waals surface area contributed by atoms with Gasteiger partial charge in [0.15, 0.2) is 6.04 Å². The molecule has 0 fully saturated rings. The standard InChI is InChI=1S/C22H31N3O/c1-16(2)19-9-11-20(12-10-19)23-22(26)17(3)25(6)15-18-7-13-21(14-8-18)24(4)5/h7-14,16-17H,15H2,1-6H3,(H,23,26)/p+1/t17-/m1/s1. The summed E-state index contributed by atoms with van der Waals surface area (Å²) in [5.41, 5.74) is 4.55. The molecule has 4 nitrogen and oxygen atoms in total. The van der Waals surface area contributed by atoms with Crippen molar-refractivity contribution in [1.82, 2.24) is 0 Å². The molecule has 0 bridgehead atoms. The Morgan fingerprint density at radius 1 is 1.00 bits per heavy atom. The fraction of sp³-hybridized carbons (Fsp3) is 0.409. The highest BCUT2D eigenvalue weighted by Crippen LogP contribution is 2.17. The largest absolute Gasteiger partial charge is 0.378 e. The SMILES string of the molecule is CC(C)c1ccc(NC(=O)[C@@H](C)[NH+](C)Cc2ccc(N(C)C)cc2)cc1. The summed E-state index contributed by atoms with van der Waals surface area (Å²) >= 11 is 0. The van der Waals surface area contributed by atoms with Gasteiger partial charge >= 0.3 is 0 Å². The van der Waals surface area contributed by atoms with Gasteiger partial charge in [-0.3, -0.25) is 4.79 Å². The van der Waals surface area contributed by atoms with Crippen molar-refractivity contribution in [2.75, 3.05) is 31.4 Å². The second-order valence-corrected chi connectivity index (χ2v) is 7.57. The van der Waals surface area contributed by atoms with Crippen molar-refractivity contribution in [3.8, 4) is 0 Å². The van der Waals surface area contributed by atoms with Crippen LogP contribution in [0, 0.1) is 0 Å². The molecule has 0 aromatic heterocycles. The number of quaternary nitrogens is 1. The van der Waals surface area contributed by atoms with Crippen LogP contribution in [0.15, 0.2) is 48.5 Å². The highest BCUT2D eigenvalue weighted by Gasteiger charge is 2.22. The summed E-state index contributed by atoms with van der Waals surface area (Å²) in [4.78, 5) is 15.8. The van der Waals surface area contributed by atoms with Crippen molar-refractivity contribution in [1.29, 1.82) is 0 Å². The number of carbonyl (C=O) groups is 1. The number of amides is 1. The zero-order valence-corrected chi connectivity index (χ0v) is 16.8. The van der Waals surface area contributed by atoms with Gasteiger partial charge in [-0.2, -0.15) is 0 Å². The van der Waals surface area contributed by atoms with Crippen molar-refractivity contribution in [3.05, 3.63) is 59.7 Å². The molecule has 0 saturated heterocycles. The van der Waals surface area contributed by atoms with Crippen LogP contribution in [0.4, 0.5) is 11.4 Å². The molecular weight excluding hydrogens is 322 g/mol. The molecule has 0 heterocycles. The van der Waals surface area contributed by atoms with Gasteiger partial charge in [0.25, 0.3) is 5.91 Å². The zero-order valence-electron chi connectivity index (χ0n) is 16.8. The molecule has 140 valence electrons. The molecule has 26 heavy (non-hydrogen) atoms. The van der Waals surface area contributed by atoms with Gasteiger partial charge in [-0.05, 0) is 42.7 Å². The van der Waals surface area contributed by atoms with E-state index in [1.165, 1.54) is 21.7 Å². The molecule has 1 amide bonds. The second-order valence-electron chi connectivity index (χ2n) is 7.57. The van der Waals surface area contributed by atoms with Crippen molar-refractivity contribution in [3.63, 3.8) is 0 Å². The van der Waals surface area contributed by atoms with Crippen LogP contribution in [-0.4, -0.2) is 33.1 Å². The van der Waals surface area contributed by atoms with Crippen molar-refractivity contribution < 1.29 is 9.69 Å². The molecule has 2 rings (SSSR count). The lowest BCUT2D eigenvalue weighted by Crippen LogP contribution is -3.12. The number of rotatable bonds is 7. The smallest absolute Gasteiger partial charge is 0.282 e. The van der Waals surface area contributed by atoms with Gasteiger partial charge in [0.1, 0.15) is 6.54 Å². The molecule has 0 aliphatic carbocycles. The average molecular weight is 355 g/mol. The van der Waals surface area contributed by atoms with Crippen LogP contribution >= 0.6 is 0 Å². The molecule has 2 aromatic rings. The van der Waals surface area contributed by atoms with E-state index in [0.29, 0.717) is 5.92 Å². The van der Waals surface area contributed by atoms with Crippen LogP contribution in [0.2, 0.25) is 0 Å². The van der Waals surface area contributed by atoms with Gasteiger partial charge in [-0.1, -0.05) is 38.1 Å². The van der Waals surface area contributed by atoms with Crippen molar-refractivity contribution >= 4 is 17.3 Å². The highest BCUT2D eigenvalue weighted by molar-refractivity contribution is 5.93. The lowest BCUT2D eigenvalue weighted by atomic mass is 10.0. The molecule has 0 saturated carbocycles. The number of nitrogens with one attached hydrogen (secondary N) is 2. The third kappa shape index (κ3) is 5.33. The predicted molar refractivity (Wildman–Crippen MR) is 110 cm³/mol. The summed E-state index contributed by atoms with van der Waals surface area (Å²) in [6.07, 6.45) is 0. The summed E-state index contributed by atoms with van der Waals surface area (Å²) in [6.45, 7) is 7.12. The van der Waals surface area contributed by atoms with Crippen LogP contribution in [0.25, 0.3) is 0 Å². The summed E-state index contributed by atoms with van der Waals surface area (Å²) in [7, 11) is 6.13. The molecule has 2 N–H and O–H groups in total. The Morgan fingerprint density at radius 3 is 2.08 bits per heavy atom. The maximum atomic E-state index is 12.6. The van der Waals surface area contributed by atoms with E-state index in [4.69, 9.17) is 0 Å². The van der Waals surface area contributed by atoms with Crippen molar-refractivity contribution in [2.45, 2.75) is 39.3 Å². The Hall–Kier alpha value is -2.33. The average Bonchev–Trinajstić information content (AvgIpc) is 2.61. The molecule has 1 unspecified atom stereocenters. The Kier molecular flexibility index (Phi) is 6.81. The molecule has 0 aliphatic rings. The van der Waals surface area contributed by atoms with Gasteiger partial charge in [-0.25, -0.2) is 0 Å². The summed E-state index contributed by atoms with van der Waals surface area (Å²) in [5, 5.41) is 3.03. The van der Waals surface area contributed by atoms with E-state index in [2.05, 4.69) is 67.5 Å². The first kappa shape index (κ1) is 20.0. The highest BCUT2D eigenvalue weighted by atomic mass is 16.2. The van der Waals surface area contributed by atoms with E-state index < -0.39 is 0 Å². The van der Waals surface area contributed by atoms with E-state index in [1.54, 1.807) is 0 Å². The minimum atomic E-state index is -0.131. The number of nitrogens with zero attached hydrogens (tertiary/aromatic N) is 1. The normalized spacial score (nSPS) is 13.3. The van der Waals surface area contributed by atoms with Crippen LogP contribution in [-0.2, 0) is 11.3 Å². The first-order valence-electron chi connectivity index (χ1n) is 9.27. The monoisotopic (exact) mass is 354 g/mol. The van der Waals surface area contributed by atoms with Crippen molar-refractivity contribution in [2.24, 2.45) is 0 Å². The minimum Gasteiger partial charge on any atom is -0.378 e. The van der Waals surface area contributed by atoms with E-state index in [1.807, 2.05) is 33.2 Å².